The predicted octanol–water partition coefficient (Wildman–Crippen LogP) is 3.30. The second kappa shape index (κ2) is 4.80. The molecule has 1 N–H and O–H groups in total. The lowest BCUT2D eigenvalue weighted by Crippen LogP contribution is -1.97. The highest BCUT2D eigenvalue weighted by atomic mass is 16.4. The van der Waals surface area contributed by atoms with Crippen molar-refractivity contribution < 1.29 is 9.90 Å². The molecule has 1 aromatic rings. The van der Waals surface area contributed by atoms with Crippen LogP contribution in [0.2, 0.25) is 0 Å². The first-order chi connectivity index (χ1) is 9.11. The summed E-state index contributed by atoms with van der Waals surface area (Å²) in [6.07, 6.45) is 7.68. The van der Waals surface area contributed by atoms with Gasteiger partial charge in [-0.1, -0.05) is 5.57 Å². The molecule has 0 aromatic carbocycles. The van der Waals surface area contributed by atoms with E-state index in [1.165, 1.54) is 24.5 Å². The van der Waals surface area contributed by atoms with Gasteiger partial charge in [0.1, 0.15) is 0 Å². The van der Waals surface area contributed by atoms with Gasteiger partial charge in [0.25, 0.3) is 0 Å². The maximum absolute atomic E-state index is 10.7. The molecule has 3 atom stereocenters. The molecule has 1 heterocycles. The number of allylic oxidation sites excluding steroid dienone is 1. The Morgan fingerprint density at radius 3 is 2.63 bits per heavy atom. The number of aliphatic carboxylic acids is 1. The zero-order valence-electron chi connectivity index (χ0n) is 11.2. The second-order valence-corrected chi connectivity index (χ2v) is 5.97. The zero-order valence-corrected chi connectivity index (χ0v) is 11.2. The Morgan fingerprint density at radius 1 is 1.37 bits per heavy atom. The third-order valence-corrected chi connectivity index (χ3v) is 4.61. The molecule has 1 unspecified atom stereocenters. The maximum Gasteiger partial charge on any atom is 0.328 e. The van der Waals surface area contributed by atoms with Crippen molar-refractivity contribution in [3.05, 3.63) is 41.2 Å². The summed E-state index contributed by atoms with van der Waals surface area (Å²) in [5.74, 6) is 1.22. The van der Waals surface area contributed by atoms with Crippen LogP contribution in [0.5, 0.6) is 0 Å². The number of hydrogen-bond acceptors (Lipinski definition) is 2. The molecule has 2 saturated carbocycles. The van der Waals surface area contributed by atoms with Crippen LogP contribution in [0.4, 0.5) is 0 Å². The number of hydrogen-bond donors (Lipinski definition) is 1. The first-order valence-electron chi connectivity index (χ1n) is 6.96. The van der Waals surface area contributed by atoms with Crippen LogP contribution in [0, 0.1) is 18.8 Å². The maximum atomic E-state index is 10.7. The summed E-state index contributed by atoms with van der Waals surface area (Å²) >= 11 is 0. The van der Waals surface area contributed by atoms with E-state index in [-0.39, 0.29) is 0 Å². The molecular formula is C16H19NO2. The summed E-state index contributed by atoms with van der Waals surface area (Å²) in [6.45, 7) is 2.03. The summed E-state index contributed by atoms with van der Waals surface area (Å²) in [4.78, 5) is 15.0. The van der Waals surface area contributed by atoms with E-state index in [0.29, 0.717) is 17.8 Å². The fraction of sp³-hybridized carbons (Fsp3) is 0.500. The first-order valence-corrected chi connectivity index (χ1v) is 6.96. The fourth-order valence-electron chi connectivity index (χ4n) is 3.85. The number of fused-ring (bicyclic) bond motifs is 1. The topological polar surface area (TPSA) is 50.2 Å². The van der Waals surface area contributed by atoms with Gasteiger partial charge in [-0.3, -0.25) is 4.98 Å². The van der Waals surface area contributed by atoms with E-state index in [0.717, 1.165) is 24.1 Å². The molecule has 3 rings (SSSR count). The van der Waals surface area contributed by atoms with Crippen LogP contribution in [0.15, 0.2) is 30.0 Å². The van der Waals surface area contributed by atoms with Gasteiger partial charge in [0.2, 0.25) is 0 Å². The molecule has 0 amide bonds. The lowest BCUT2D eigenvalue weighted by Gasteiger charge is -2.12. The van der Waals surface area contributed by atoms with Gasteiger partial charge < -0.3 is 5.11 Å². The highest BCUT2D eigenvalue weighted by molar-refractivity contribution is 5.80. The van der Waals surface area contributed by atoms with E-state index in [9.17, 15) is 4.79 Å². The Kier molecular flexibility index (Phi) is 3.13. The molecule has 3 heteroatoms. The van der Waals surface area contributed by atoms with E-state index in [1.54, 1.807) is 0 Å². The van der Waals surface area contributed by atoms with E-state index in [2.05, 4.69) is 17.1 Å². The summed E-state index contributed by atoms with van der Waals surface area (Å²) in [7, 11) is 0. The fourth-order valence-corrected chi connectivity index (χ4v) is 3.85. The Labute approximate surface area is 113 Å². The molecule has 0 spiro atoms. The lowest BCUT2D eigenvalue weighted by molar-refractivity contribution is -0.131. The van der Waals surface area contributed by atoms with Crippen LogP contribution in [0.3, 0.4) is 0 Å². The third-order valence-electron chi connectivity index (χ3n) is 4.61. The highest BCUT2D eigenvalue weighted by Crippen LogP contribution is 2.52. The largest absolute Gasteiger partial charge is 0.478 e. The summed E-state index contributed by atoms with van der Waals surface area (Å²) in [6, 6.07) is 4.33. The molecule has 0 radical (unpaired) electrons. The molecule has 19 heavy (non-hydrogen) atoms. The predicted molar refractivity (Wildman–Crippen MR) is 72.9 cm³/mol. The van der Waals surface area contributed by atoms with E-state index in [4.69, 9.17) is 5.11 Å². The van der Waals surface area contributed by atoms with Crippen molar-refractivity contribution in [2.24, 2.45) is 11.8 Å². The standard InChI is InChI=1S/C16H19NO2/c1-10-4-12(2-3-17-10)15-8-13-5-11(7-16(18)19)6-14(13)9-15/h2-4,7,13-15H,5-6,8-9H2,1H3,(H,18,19)/b11-7-/t13-,14+,15?/m0/s1. The number of rotatable bonds is 2. The van der Waals surface area contributed by atoms with Crippen molar-refractivity contribution >= 4 is 5.97 Å². The Hall–Kier alpha value is -1.64. The van der Waals surface area contributed by atoms with Crippen LogP contribution >= 0.6 is 0 Å². The monoisotopic (exact) mass is 257 g/mol. The number of nitrogens with zero attached hydrogens (tertiary/aromatic N) is 1. The molecule has 2 aliphatic rings. The smallest absolute Gasteiger partial charge is 0.328 e. The number of aromatic nitrogens is 1. The molecular weight excluding hydrogens is 238 g/mol. The number of carboxylic acids is 1. The molecule has 2 aliphatic carbocycles. The number of pyridine rings is 1. The normalized spacial score (nSPS) is 31.6. The van der Waals surface area contributed by atoms with Gasteiger partial charge in [0.15, 0.2) is 0 Å². The van der Waals surface area contributed by atoms with Gasteiger partial charge >= 0.3 is 5.97 Å². The van der Waals surface area contributed by atoms with Gasteiger partial charge in [-0.25, -0.2) is 4.79 Å². The van der Waals surface area contributed by atoms with Crippen LogP contribution in [-0.2, 0) is 4.79 Å². The van der Waals surface area contributed by atoms with Crippen LogP contribution in [-0.4, -0.2) is 16.1 Å². The van der Waals surface area contributed by atoms with Crippen molar-refractivity contribution in [2.75, 3.05) is 0 Å². The lowest BCUT2D eigenvalue weighted by atomic mass is 9.94. The second-order valence-electron chi connectivity index (χ2n) is 5.97. The van der Waals surface area contributed by atoms with E-state index >= 15 is 0 Å². The minimum Gasteiger partial charge on any atom is -0.478 e. The van der Waals surface area contributed by atoms with Crippen molar-refractivity contribution in [1.82, 2.24) is 4.98 Å². The third kappa shape index (κ3) is 2.55. The van der Waals surface area contributed by atoms with Gasteiger partial charge in [-0.05, 0) is 68.1 Å². The average molecular weight is 257 g/mol. The number of carboxylic acid groups (broad SMARTS) is 1. The van der Waals surface area contributed by atoms with E-state index < -0.39 is 5.97 Å². The Balaban J connectivity index is 1.70. The minimum absolute atomic E-state index is 0.642. The van der Waals surface area contributed by atoms with Gasteiger partial charge in [0, 0.05) is 18.0 Å². The zero-order chi connectivity index (χ0) is 13.4. The van der Waals surface area contributed by atoms with Gasteiger partial charge in [0.05, 0.1) is 0 Å². The average Bonchev–Trinajstić information content (AvgIpc) is 2.85. The molecule has 1 aromatic heterocycles. The molecule has 2 fully saturated rings. The van der Waals surface area contributed by atoms with Crippen LogP contribution in [0.25, 0.3) is 0 Å². The van der Waals surface area contributed by atoms with Crippen molar-refractivity contribution in [2.45, 2.75) is 38.5 Å². The molecule has 0 aliphatic heterocycles. The van der Waals surface area contributed by atoms with Crippen molar-refractivity contribution in [3.63, 3.8) is 0 Å². The van der Waals surface area contributed by atoms with Crippen molar-refractivity contribution in [3.8, 4) is 0 Å². The summed E-state index contributed by atoms with van der Waals surface area (Å²) in [5.41, 5.74) is 3.62. The minimum atomic E-state index is -0.795. The Morgan fingerprint density at radius 2 is 2.05 bits per heavy atom. The quantitative estimate of drug-likeness (QED) is 0.827. The first kappa shape index (κ1) is 12.4. The summed E-state index contributed by atoms with van der Waals surface area (Å²) in [5, 5.41) is 8.81. The highest BCUT2D eigenvalue weighted by Gasteiger charge is 2.39. The van der Waals surface area contributed by atoms with Crippen LogP contribution in [0.1, 0.15) is 42.9 Å². The summed E-state index contributed by atoms with van der Waals surface area (Å²) < 4.78 is 0. The SMILES string of the molecule is Cc1cc(C2C[C@H]3C/C(=C\C(=O)O)C[C@H]3C2)ccn1. The molecule has 100 valence electrons. The van der Waals surface area contributed by atoms with Gasteiger partial charge in [-0.2, -0.15) is 0 Å². The molecule has 0 bridgehead atoms. The number of carbonyl (C=O) groups is 1. The molecule has 0 saturated heterocycles. The Bertz CT molecular complexity index is 519. The van der Waals surface area contributed by atoms with E-state index in [1.807, 2.05) is 13.1 Å². The van der Waals surface area contributed by atoms with Gasteiger partial charge in [-0.15, -0.1) is 0 Å². The molecule has 3 nitrogen and oxygen atoms in total. The van der Waals surface area contributed by atoms with Crippen LogP contribution < -0.4 is 0 Å². The van der Waals surface area contributed by atoms with Crippen molar-refractivity contribution in [1.29, 1.82) is 0 Å². The number of aryl methyl sites for hydroxylation is 1.